The molecule has 0 fully saturated rings. The SMILES string of the molecule is c1cnc2c(c1)cnn2-c1ccn[nH]1. The Labute approximate surface area is 79.4 Å². The number of fused-ring (bicyclic) bond motifs is 1. The van der Waals surface area contributed by atoms with Crippen LogP contribution in [-0.2, 0) is 0 Å². The molecule has 0 aliphatic heterocycles. The van der Waals surface area contributed by atoms with Crippen LogP contribution in [-0.4, -0.2) is 25.0 Å². The molecule has 0 aromatic carbocycles. The molecule has 0 atom stereocenters. The molecule has 0 saturated heterocycles. The van der Waals surface area contributed by atoms with Gasteiger partial charge in [-0.15, -0.1) is 0 Å². The molecular formula is C9H7N5. The van der Waals surface area contributed by atoms with Crippen LogP contribution in [0.2, 0.25) is 0 Å². The second-order valence-electron chi connectivity index (χ2n) is 2.91. The lowest BCUT2D eigenvalue weighted by atomic mass is 10.4. The largest absolute Gasteiger partial charge is 0.261 e. The summed E-state index contributed by atoms with van der Waals surface area (Å²) in [5, 5.41) is 12.0. The van der Waals surface area contributed by atoms with Gasteiger partial charge in [0.15, 0.2) is 11.5 Å². The first-order valence-corrected chi connectivity index (χ1v) is 4.24. The maximum Gasteiger partial charge on any atom is 0.164 e. The lowest BCUT2D eigenvalue weighted by Crippen LogP contribution is -1.97. The van der Waals surface area contributed by atoms with E-state index in [0.717, 1.165) is 16.9 Å². The van der Waals surface area contributed by atoms with Crippen molar-refractivity contribution in [3.8, 4) is 5.82 Å². The molecule has 0 aliphatic carbocycles. The Hall–Kier alpha value is -2.17. The Balaban J connectivity index is 2.33. The van der Waals surface area contributed by atoms with Crippen molar-refractivity contribution in [2.75, 3.05) is 0 Å². The highest BCUT2D eigenvalue weighted by Crippen LogP contribution is 2.12. The van der Waals surface area contributed by atoms with Crippen molar-refractivity contribution in [1.82, 2.24) is 25.0 Å². The second kappa shape index (κ2) is 2.66. The number of aromatic amines is 1. The molecule has 5 nitrogen and oxygen atoms in total. The van der Waals surface area contributed by atoms with E-state index in [2.05, 4.69) is 20.3 Å². The fourth-order valence-corrected chi connectivity index (χ4v) is 1.40. The molecule has 5 heteroatoms. The van der Waals surface area contributed by atoms with Gasteiger partial charge in [-0.3, -0.25) is 5.10 Å². The predicted octanol–water partition coefficient (Wildman–Crippen LogP) is 1.14. The summed E-state index contributed by atoms with van der Waals surface area (Å²) in [5.74, 6) is 0.818. The van der Waals surface area contributed by atoms with Gasteiger partial charge in [0, 0.05) is 17.6 Å². The quantitative estimate of drug-likeness (QED) is 0.618. The van der Waals surface area contributed by atoms with Gasteiger partial charge >= 0.3 is 0 Å². The summed E-state index contributed by atoms with van der Waals surface area (Å²) in [6.07, 6.45) is 5.21. The number of pyridine rings is 1. The summed E-state index contributed by atoms with van der Waals surface area (Å²) < 4.78 is 1.72. The molecule has 0 saturated carbocycles. The summed E-state index contributed by atoms with van der Waals surface area (Å²) >= 11 is 0. The average Bonchev–Trinajstić information content (AvgIpc) is 2.85. The van der Waals surface area contributed by atoms with E-state index in [1.54, 1.807) is 23.3 Å². The molecule has 3 aromatic rings. The van der Waals surface area contributed by atoms with Gasteiger partial charge in [-0.25, -0.2) is 4.98 Å². The van der Waals surface area contributed by atoms with Crippen LogP contribution >= 0.6 is 0 Å². The van der Waals surface area contributed by atoms with Crippen LogP contribution in [0.4, 0.5) is 0 Å². The summed E-state index contributed by atoms with van der Waals surface area (Å²) in [7, 11) is 0. The molecule has 0 aliphatic rings. The van der Waals surface area contributed by atoms with E-state index in [4.69, 9.17) is 0 Å². The molecule has 3 rings (SSSR count). The van der Waals surface area contributed by atoms with Crippen molar-refractivity contribution in [1.29, 1.82) is 0 Å². The summed E-state index contributed by atoms with van der Waals surface area (Å²) in [5.41, 5.74) is 0.830. The van der Waals surface area contributed by atoms with Crippen LogP contribution in [0, 0.1) is 0 Å². The van der Waals surface area contributed by atoms with Gasteiger partial charge in [0.05, 0.1) is 12.4 Å². The number of hydrogen-bond donors (Lipinski definition) is 1. The molecule has 0 bridgehead atoms. The fourth-order valence-electron chi connectivity index (χ4n) is 1.40. The maximum absolute atomic E-state index is 4.25. The summed E-state index contributed by atoms with van der Waals surface area (Å²) in [6.45, 7) is 0. The minimum absolute atomic E-state index is 0.818. The number of aromatic nitrogens is 5. The molecular weight excluding hydrogens is 178 g/mol. The van der Waals surface area contributed by atoms with E-state index < -0.39 is 0 Å². The van der Waals surface area contributed by atoms with Crippen molar-refractivity contribution in [3.63, 3.8) is 0 Å². The zero-order valence-electron chi connectivity index (χ0n) is 7.25. The number of rotatable bonds is 1. The Morgan fingerprint density at radius 1 is 1.21 bits per heavy atom. The predicted molar refractivity (Wildman–Crippen MR) is 51.0 cm³/mol. The van der Waals surface area contributed by atoms with Gasteiger partial charge in [-0.05, 0) is 12.1 Å². The van der Waals surface area contributed by atoms with Gasteiger partial charge < -0.3 is 0 Å². The first-order valence-electron chi connectivity index (χ1n) is 4.24. The number of nitrogens with one attached hydrogen (secondary N) is 1. The van der Waals surface area contributed by atoms with E-state index >= 15 is 0 Å². The smallest absolute Gasteiger partial charge is 0.164 e. The van der Waals surface area contributed by atoms with Crippen LogP contribution in [0.25, 0.3) is 16.9 Å². The summed E-state index contributed by atoms with van der Waals surface area (Å²) in [6, 6.07) is 5.71. The van der Waals surface area contributed by atoms with Crippen molar-refractivity contribution in [2.24, 2.45) is 0 Å². The van der Waals surface area contributed by atoms with Crippen LogP contribution in [0.1, 0.15) is 0 Å². The molecule has 0 amide bonds. The molecule has 68 valence electrons. The van der Waals surface area contributed by atoms with E-state index in [-0.39, 0.29) is 0 Å². The van der Waals surface area contributed by atoms with Gasteiger partial charge in [-0.2, -0.15) is 14.9 Å². The highest BCUT2D eigenvalue weighted by molar-refractivity contribution is 5.75. The van der Waals surface area contributed by atoms with Crippen LogP contribution in [0.15, 0.2) is 36.8 Å². The van der Waals surface area contributed by atoms with E-state index in [1.807, 2.05) is 18.2 Å². The monoisotopic (exact) mass is 185 g/mol. The standard InChI is InChI=1S/C9H7N5/c1-2-7-6-12-14(9(7)10-4-1)8-3-5-11-13-8/h1-6H,(H,11,13). The number of hydrogen-bond acceptors (Lipinski definition) is 3. The topological polar surface area (TPSA) is 59.4 Å². The zero-order valence-corrected chi connectivity index (χ0v) is 7.25. The van der Waals surface area contributed by atoms with E-state index in [0.29, 0.717) is 0 Å². The van der Waals surface area contributed by atoms with Crippen molar-refractivity contribution >= 4 is 11.0 Å². The minimum Gasteiger partial charge on any atom is -0.261 e. The third kappa shape index (κ3) is 0.922. The Morgan fingerprint density at radius 2 is 2.21 bits per heavy atom. The van der Waals surface area contributed by atoms with Crippen LogP contribution < -0.4 is 0 Å². The Bertz CT molecular complexity index is 551. The van der Waals surface area contributed by atoms with Crippen molar-refractivity contribution in [2.45, 2.75) is 0 Å². The van der Waals surface area contributed by atoms with Crippen LogP contribution in [0.5, 0.6) is 0 Å². The van der Waals surface area contributed by atoms with Crippen molar-refractivity contribution in [3.05, 3.63) is 36.8 Å². The van der Waals surface area contributed by atoms with Crippen LogP contribution in [0.3, 0.4) is 0 Å². The minimum atomic E-state index is 0.818. The molecule has 3 aromatic heterocycles. The van der Waals surface area contributed by atoms with E-state index in [1.165, 1.54) is 0 Å². The molecule has 0 radical (unpaired) electrons. The summed E-state index contributed by atoms with van der Waals surface area (Å²) in [4.78, 5) is 4.25. The Morgan fingerprint density at radius 3 is 3.07 bits per heavy atom. The van der Waals surface area contributed by atoms with Gasteiger partial charge in [0.25, 0.3) is 0 Å². The molecule has 0 spiro atoms. The normalized spacial score (nSPS) is 10.9. The number of H-pyrrole nitrogens is 1. The third-order valence-electron chi connectivity index (χ3n) is 2.04. The lowest BCUT2D eigenvalue weighted by molar-refractivity contribution is 0.851. The molecule has 3 heterocycles. The molecule has 14 heavy (non-hydrogen) atoms. The van der Waals surface area contributed by atoms with Gasteiger partial charge in [-0.1, -0.05) is 0 Å². The average molecular weight is 185 g/mol. The fraction of sp³-hybridized carbons (Fsp3) is 0. The van der Waals surface area contributed by atoms with E-state index in [9.17, 15) is 0 Å². The van der Waals surface area contributed by atoms with Gasteiger partial charge in [0.1, 0.15) is 0 Å². The maximum atomic E-state index is 4.25. The zero-order chi connectivity index (χ0) is 9.38. The van der Waals surface area contributed by atoms with Gasteiger partial charge in [0.2, 0.25) is 0 Å². The first-order chi connectivity index (χ1) is 6.95. The third-order valence-corrected chi connectivity index (χ3v) is 2.04. The Kier molecular flexibility index (Phi) is 1.38. The highest BCUT2D eigenvalue weighted by Gasteiger charge is 2.04. The number of nitrogens with zero attached hydrogens (tertiary/aromatic N) is 4. The molecule has 0 unspecified atom stereocenters. The lowest BCUT2D eigenvalue weighted by Gasteiger charge is -1.96. The molecule has 1 N–H and O–H groups in total. The van der Waals surface area contributed by atoms with Crippen molar-refractivity contribution < 1.29 is 0 Å². The second-order valence-corrected chi connectivity index (χ2v) is 2.91. The first kappa shape index (κ1) is 7.25. The highest BCUT2D eigenvalue weighted by atomic mass is 15.4.